The van der Waals surface area contributed by atoms with Gasteiger partial charge in [-0.2, -0.15) is 0 Å². The third-order valence-electron chi connectivity index (χ3n) is 3.82. The monoisotopic (exact) mass is 387 g/mol. The number of amides is 1. The second-order valence-corrected chi connectivity index (χ2v) is 6.28. The van der Waals surface area contributed by atoms with Gasteiger partial charge in [-0.05, 0) is 23.3 Å². The van der Waals surface area contributed by atoms with Crippen molar-refractivity contribution >= 4 is 23.5 Å². The third-order valence-corrected chi connectivity index (χ3v) is 4.12. The van der Waals surface area contributed by atoms with E-state index in [1.54, 1.807) is 24.3 Å². The van der Waals surface area contributed by atoms with Crippen LogP contribution in [0.2, 0.25) is 5.02 Å². The zero-order valence-electron chi connectivity index (χ0n) is 15.1. The van der Waals surface area contributed by atoms with Gasteiger partial charge in [0, 0.05) is 6.42 Å². The number of carbonyl (C=O) groups is 2. The van der Waals surface area contributed by atoms with Crippen LogP contribution in [0.3, 0.4) is 0 Å². The Labute approximate surface area is 163 Å². The SMILES string of the molecule is C=CCOc1ccc(CC(=O)N[C@@H](Cc2ccccc2)C(=O)OC)cc1Cl. The van der Waals surface area contributed by atoms with Crippen LogP contribution in [-0.2, 0) is 27.2 Å². The number of carbonyl (C=O) groups excluding carboxylic acids is 2. The quantitative estimate of drug-likeness (QED) is 0.529. The molecule has 0 aliphatic rings. The third kappa shape index (κ3) is 6.46. The van der Waals surface area contributed by atoms with Crippen molar-refractivity contribution in [3.63, 3.8) is 0 Å². The molecule has 0 unspecified atom stereocenters. The van der Waals surface area contributed by atoms with Gasteiger partial charge in [-0.3, -0.25) is 4.79 Å². The van der Waals surface area contributed by atoms with Gasteiger partial charge in [-0.25, -0.2) is 4.79 Å². The number of benzene rings is 2. The van der Waals surface area contributed by atoms with E-state index in [-0.39, 0.29) is 12.3 Å². The van der Waals surface area contributed by atoms with E-state index in [0.717, 1.165) is 5.56 Å². The number of rotatable bonds is 9. The number of ether oxygens (including phenoxy) is 2. The van der Waals surface area contributed by atoms with Gasteiger partial charge in [0.25, 0.3) is 0 Å². The van der Waals surface area contributed by atoms with E-state index in [9.17, 15) is 9.59 Å². The lowest BCUT2D eigenvalue weighted by molar-refractivity contribution is -0.145. The standard InChI is InChI=1S/C21H22ClNO4/c1-3-11-27-19-10-9-16(12-17(19)22)14-20(24)23-18(21(25)26-2)13-15-7-5-4-6-8-15/h3-10,12,18H,1,11,13-14H2,2H3,(H,23,24)/t18-/m0/s1. The predicted molar refractivity (Wildman–Crippen MR) is 105 cm³/mol. The summed E-state index contributed by atoms with van der Waals surface area (Å²) in [6.07, 6.45) is 2.06. The van der Waals surface area contributed by atoms with Crippen LogP contribution in [0.25, 0.3) is 0 Å². The molecule has 2 aromatic carbocycles. The molecule has 1 amide bonds. The van der Waals surface area contributed by atoms with Crippen molar-refractivity contribution in [2.75, 3.05) is 13.7 Å². The number of esters is 1. The highest BCUT2D eigenvalue weighted by atomic mass is 35.5. The van der Waals surface area contributed by atoms with Crippen molar-refractivity contribution < 1.29 is 19.1 Å². The van der Waals surface area contributed by atoms with Crippen molar-refractivity contribution in [1.82, 2.24) is 5.32 Å². The lowest BCUT2D eigenvalue weighted by atomic mass is 10.1. The number of hydrogen-bond donors (Lipinski definition) is 1. The minimum atomic E-state index is -0.754. The lowest BCUT2D eigenvalue weighted by Crippen LogP contribution is -2.43. The van der Waals surface area contributed by atoms with E-state index in [1.807, 2.05) is 30.3 Å². The molecule has 6 heteroatoms. The van der Waals surface area contributed by atoms with Gasteiger partial charge in [-0.15, -0.1) is 0 Å². The van der Waals surface area contributed by atoms with Crippen LogP contribution in [0.5, 0.6) is 5.75 Å². The van der Waals surface area contributed by atoms with Crippen molar-refractivity contribution in [2.45, 2.75) is 18.9 Å². The molecule has 5 nitrogen and oxygen atoms in total. The molecule has 27 heavy (non-hydrogen) atoms. The minimum absolute atomic E-state index is 0.0870. The summed E-state index contributed by atoms with van der Waals surface area (Å²) in [7, 11) is 1.30. The first-order chi connectivity index (χ1) is 13.0. The molecule has 0 aliphatic heterocycles. The molecule has 0 bridgehead atoms. The van der Waals surface area contributed by atoms with Crippen LogP contribution >= 0.6 is 11.6 Å². The van der Waals surface area contributed by atoms with Crippen molar-refractivity contribution in [3.05, 3.63) is 77.3 Å². The van der Waals surface area contributed by atoms with E-state index in [4.69, 9.17) is 21.1 Å². The fourth-order valence-corrected chi connectivity index (χ4v) is 2.79. The summed E-state index contributed by atoms with van der Waals surface area (Å²) in [6.45, 7) is 3.93. The summed E-state index contributed by atoms with van der Waals surface area (Å²) < 4.78 is 10.2. The Balaban J connectivity index is 2.01. The summed E-state index contributed by atoms with van der Waals surface area (Å²) in [5.74, 6) is -0.257. The first-order valence-electron chi connectivity index (χ1n) is 8.46. The number of halogens is 1. The fraction of sp³-hybridized carbons (Fsp3) is 0.238. The summed E-state index contributed by atoms with van der Waals surface area (Å²) in [6, 6.07) is 13.8. The maximum atomic E-state index is 12.4. The predicted octanol–water partition coefficient (Wildman–Crippen LogP) is 3.35. The van der Waals surface area contributed by atoms with Gasteiger partial charge >= 0.3 is 5.97 Å². The van der Waals surface area contributed by atoms with Crippen molar-refractivity contribution in [1.29, 1.82) is 0 Å². The Kier molecular flexibility index (Phi) is 7.89. The largest absolute Gasteiger partial charge is 0.488 e. The maximum absolute atomic E-state index is 12.4. The van der Waals surface area contributed by atoms with Crippen LogP contribution in [0.4, 0.5) is 0 Å². The Bertz CT molecular complexity index is 792. The lowest BCUT2D eigenvalue weighted by Gasteiger charge is -2.17. The maximum Gasteiger partial charge on any atom is 0.328 e. The van der Waals surface area contributed by atoms with E-state index >= 15 is 0 Å². The van der Waals surface area contributed by atoms with Gasteiger partial charge < -0.3 is 14.8 Å². The second kappa shape index (κ2) is 10.4. The molecule has 0 saturated heterocycles. The molecule has 0 radical (unpaired) electrons. The molecule has 0 spiro atoms. The van der Waals surface area contributed by atoms with E-state index in [0.29, 0.717) is 29.4 Å². The molecule has 1 N–H and O–H groups in total. The molecular formula is C21H22ClNO4. The molecule has 0 saturated carbocycles. The zero-order chi connectivity index (χ0) is 19.6. The molecule has 0 aromatic heterocycles. The topological polar surface area (TPSA) is 64.6 Å². The molecule has 0 heterocycles. The number of nitrogens with one attached hydrogen (secondary N) is 1. The van der Waals surface area contributed by atoms with Crippen LogP contribution in [0.15, 0.2) is 61.2 Å². The highest BCUT2D eigenvalue weighted by Gasteiger charge is 2.22. The van der Waals surface area contributed by atoms with Gasteiger partial charge in [0.1, 0.15) is 18.4 Å². The molecule has 0 fully saturated rings. The van der Waals surface area contributed by atoms with Gasteiger partial charge in [-0.1, -0.05) is 60.7 Å². The molecule has 142 valence electrons. The van der Waals surface area contributed by atoms with Gasteiger partial charge in [0.05, 0.1) is 18.6 Å². The first-order valence-corrected chi connectivity index (χ1v) is 8.84. The molecule has 2 aromatic rings. The van der Waals surface area contributed by atoms with E-state index < -0.39 is 12.0 Å². The number of methoxy groups -OCH3 is 1. The number of hydrogen-bond acceptors (Lipinski definition) is 4. The van der Waals surface area contributed by atoms with Crippen molar-refractivity contribution in [2.24, 2.45) is 0 Å². The van der Waals surface area contributed by atoms with E-state index in [1.165, 1.54) is 7.11 Å². The normalized spacial score (nSPS) is 11.3. The second-order valence-electron chi connectivity index (χ2n) is 5.87. The Morgan fingerprint density at radius 3 is 2.56 bits per heavy atom. The smallest absolute Gasteiger partial charge is 0.328 e. The zero-order valence-corrected chi connectivity index (χ0v) is 15.9. The molecular weight excluding hydrogens is 366 g/mol. The summed E-state index contributed by atoms with van der Waals surface area (Å²) in [5, 5.41) is 3.14. The highest BCUT2D eigenvalue weighted by molar-refractivity contribution is 6.32. The summed E-state index contributed by atoms with van der Waals surface area (Å²) >= 11 is 6.17. The van der Waals surface area contributed by atoms with E-state index in [2.05, 4.69) is 11.9 Å². The Morgan fingerprint density at radius 1 is 1.19 bits per heavy atom. The fourth-order valence-electron chi connectivity index (χ4n) is 2.54. The average Bonchev–Trinajstić information content (AvgIpc) is 2.67. The van der Waals surface area contributed by atoms with Crippen LogP contribution < -0.4 is 10.1 Å². The van der Waals surface area contributed by atoms with Gasteiger partial charge in [0.15, 0.2) is 0 Å². The minimum Gasteiger partial charge on any atom is -0.488 e. The summed E-state index contributed by atoms with van der Waals surface area (Å²) in [4.78, 5) is 24.4. The average molecular weight is 388 g/mol. The Morgan fingerprint density at radius 2 is 1.93 bits per heavy atom. The molecule has 2 rings (SSSR count). The van der Waals surface area contributed by atoms with Crippen LogP contribution in [-0.4, -0.2) is 31.6 Å². The van der Waals surface area contributed by atoms with Crippen LogP contribution in [0, 0.1) is 0 Å². The highest BCUT2D eigenvalue weighted by Crippen LogP contribution is 2.25. The summed E-state index contributed by atoms with van der Waals surface area (Å²) in [5.41, 5.74) is 1.65. The molecule has 1 atom stereocenters. The first kappa shape index (κ1) is 20.5. The van der Waals surface area contributed by atoms with Gasteiger partial charge in [0.2, 0.25) is 5.91 Å². The van der Waals surface area contributed by atoms with Crippen LogP contribution in [0.1, 0.15) is 11.1 Å². The molecule has 0 aliphatic carbocycles. The van der Waals surface area contributed by atoms with Crippen molar-refractivity contribution in [3.8, 4) is 5.75 Å². The Hall–Kier alpha value is -2.79.